The first-order chi connectivity index (χ1) is 9.55. The van der Waals surface area contributed by atoms with Crippen LogP contribution in [0.15, 0.2) is 18.2 Å². The molecule has 20 heavy (non-hydrogen) atoms. The molecular weight excluding hydrogens is 255 g/mol. The van der Waals surface area contributed by atoms with Gasteiger partial charge in [-0.15, -0.1) is 0 Å². The zero-order valence-electron chi connectivity index (χ0n) is 11.7. The number of hydrogen-bond donors (Lipinski definition) is 1. The first kappa shape index (κ1) is 13.9. The predicted octanol–water partition coefficient (Wildman–Crippen LogP) is 3.20. The van der Waals surface area contributed by atoms with E-state index in [2.05, 4.69) is 15.3 Å². The molecule has 0 spiro atoms. The van der Waals surface area contributed by atoms with E-state index in [1.807, 2.05) is 26.8 Å². The minimum absolute atomic E-state index is 0.266. The van der Waals surface area contributed by atoms with Gasteiger partial charge in [0.15, 0.2) is 5.82 Å². The molecule has 0 atom stereocenters. The minimum Gasteiger partial charge on any atom is -0.369 e. The zero-order valence-corrected chi connectivity index (χ0v) is 11.7. The van der Waals surface area contributed by atoms with E-state index in [9.17, 15) is 4.39 Å². The van der Waals surface area contributed by atoms with Gasteiger partial charge >= 0.3 is 0 Å². The lowest BCUT2D eigenvalue weighted by molar-refractivity contribution is 0.628. The summed E-state index contributed by atoms with van der Waals surface area (Å²) in [6.07, 6.45) is 0. The monoisotopic (exact) mass is 270 g/mol. The lowest BCUT2D eigenvalue weighted by atomic mass is 10.1. The second-order valence-electron chi connectivity index (χ2n) is 4.46. The van der Waals surface area contributed by atoms with Crippen molar-refractivity contribution < 1.29 is 4.39 Å². The number of rotatable bonds is 3. The molecule has 0 amide bonds. The minimum atomic E-state index is -0.457. The van der Waals surface area contributed by atoms with Gasteiger partial charge in [0.2, 0.25) is 0 Å². The molecule has 1 aromatic carbocycles. The van der Waals surface area contributed by atoms with Crippen molar-refractivity contribution in [1.82, 2.24) is 9.97 Å². The molecule has 4 nitrogen and oxygen atoms in total. The fraction of sp³-hybridized carbons (Fsp3) is 0.267. The number of anilines is 1. The van der Waals surface area contributed by atoms with Gasteiger partial charge in [-0.1, -0.05) is 0 Å². The lowest BCUT2D eigenvalue weighted by Gasteiger charge is -2.12. The van der Waals surface area contributed by atoms with Crippen LogP contribution in [0.5, 0.6) is 0 Å². The molecule has 0 bridgehead atoms. The van der Waals surface area contributed by atoms with Crippen molar-refractivity contribution in [2.75, 3.05) is 11.9 Å². The van der Waals surface area contributed by atoms with Gasteiger partial charge < -0.3 is 5.32 Å². The van der Waals surface area contributed by atoms with Crippen molar-refractivity contribution in [3.8, 4) is 17.3 Å². The summed E-state index contributed by atoms with van der Waals surface area (Å²) >= 11 is 0. The topological polar surface area (TPSA) is 61.6 Å². The fourth-order valence-electron chi connectivity index (χ4n) is 1.89. The van der Waals surface area contributed by atoms with Gasteiger partial charge in [-0.25, -0.2) is 14.4 Å². The zero-order chi connectivity index (χ0) is 14.7. The second kappa shape index (κ2) is 5.66. The van der Waals surface area contributed by atoms with E-state index >= 15 is 0 Å². The molecule has 0 aliphatic rings. The van der Waals surface area contributed by atoms with Crippen molar-refractivity contribution >= 4 is 5.82 Å². The first-order valence-electron chi connectivity index (χ1n) is 6.35. The molecule has 1 aromatic heterocycles. The number of aromatic nitrogens is 2. The van der Waals surface area contributed by atoms with Crippen LogP contribution in [0.25, 0.3) is 11.3 Å². The van der Waals surface area contributed by atoms with Crippen molar-refractivity contribution in [3.63, 3.8) is 0 Å². The predicted molar refractivity (Wildman–Crippen MR) is 75.8 cm³/mol. The normalized spacial score (nSPS) is 10.2. The summed E-state index contributed by atoms with van der Waals surface area (Å²) in [7, 11) is 0. The van der Waals surface area contributed by atoms with Crippen LogP contribution in [0.3, 0.4) is 0 Å². The van der Waals surface area contributed by atoms with Gasteiger partial charge in [-0.3, -0.25) is 0 Å². The van der Waals surface area contributed by atoms with Gasteiger partial charge in [-0.05, 0) is 39.0 Å². The smallest absolute Gasteiger partial charge is 0.152 e. The second-order valence-corrected chi connectivity index (χ2v) is 4.46. The Balaban J connectivity index is 2.65. The Hall–Kier alpha value is -2.48. The van der Waals surface area contributed by atoms with Crippen LogP contribution >= 0.6 is 0 Å². The van der Waals surface area contributed by atoms with Crippen molar-refractivity contribution in [3.05, 3.63) is 41.0 Å². The van der Waals surface area contributed by atoms with E-state index in [-0.39, 0.29) is 5.56 Å². The Kier molecular flexibility index (Phi) is 3.94. The Bertz CT molecular complexity index is 689. The number of nitrogens with one attached hydrogen (secondary N) is 1. The lowest BCUT2D eigenvalue weighted by Crippen LogP contribution is -2.06. The Morgan fingerprint density at radius 3 is 2.55 bits per heavy atom. The average Bonchev–Trinajstić information content (AvgIpc) is 2.42. The van der Waals surface area contributed by atoms with E-state index < -0.39 is 5.82 Å². The Labute approximate surface area is 117 Å². The van der Waals surface area contributed by atoms with Crippen LogP contribution in [0, 0.1) is 31.0 Å². The molecule has 0 aliphatic carbocycles. The summed E-state index contributed by atoms with van der Waals surface area (Å²) in [5.41, 5.74) is 2.98. The number of nitriles is 1. The summed E-state index contributed by atoms with van der Waals surface area (Å²) < 4.78 is 13.6. The van der Waals surface area contributed by atoms with Crippen LogP contribution in [0.1, 0.15) is 23.9 Å². The van der Waals surface area contributed by atoms with E-state index in [0.29, 0.717) is 23.6 Å². The van der Waals surface area contributed by atoms with Crippen molar-refractivity contribution in [1.29, 1.82) is 5.26 Å². The van der Waals surface area contributed by atoms with Crippen LogP contribution < -0.4 is 5.32 Å². The quantitative estimate of drug-likeness (QED) is 0.930. The van der Waals surface area contributed by atoms with E-state index in [0.717, 1.165) is 11.4 Å². The highest BCUT2D eigenvalue weighted by atomic mass is 19.1. The molecule has 5 heteroatoms. The molecule has 0 aliphatic heterocycles. The molecule has 0 unspecified atom stereocenters. The standard InChI is InChI=1S/C15H15FN4/c1-4-18-15-14(19-9(2)10(3)20-15)12-5-11(8-17)6-13(16)7-12/h5-7H,4H2,1-3H3,(H,18,20). The summed E-state index contributed by atoms with van der Waals surface area (Å²) in [5, 5.41) is 12.1. The maximum Gasteiger partial charge on any atom is 0.152 e. The third-order valence-electron chi connectivity index (χ3n) is 2.95. The van der Waals surface area contributed by atoms with E-state index in [1.165, 1.54) is 12.1 Å². The fourth-order valence-corrected chi connectivity index (χ4v) is 1.89. The van der Waals surface area contributed by atoms with Crippen LogP contribution in [0.4, 0.5) is 10.2 Å². The molecule has 0 fully saturated rings. The molecular formula is C15H15FN4. The van der Waals surface area contributed by atoms with Gasteiger partial charge in [0, 0.05) is 12.1 Å². The molecule has 1 N–H and O–H groups in total. The highest BCUT2D eigenvalue weighted by Crippen LogP contribution is 2.27. The number of hydrogen-bond acceptors (Lipinski definition) is 4. The Morgan fingerprint density at radius 1 is 1.20 bits per heavy atom. The van der Waals surface area contributed by atoms with Crippen molar-refractivity contribution in [2.45, 2.75) is 20.8 Å². The maximum absolute atomic E-state index is 13.6. The van der Waals surface area contributed by atoms with Gasteiger partial charge in [0.1, 0.15) is 11.5 Å². The first-order valence-corrected chi connectivity index (χ1v) is 6.35. The highest BCUT2D eigenvalue weighted by molar-refractivity contribution is 5.72. The number of benzene rings is 1. The van der Waals surface area contributed by atoms with Gasteiger partial charge in [0.25, 0.3) is 0 Å². The molecule has 0 radical (unpaired) electrons. The van der Waals surface area contributed by atoms with E-state index in [1.54, 1.807) is 6.07 Å². The number of nitrogens with zero attached hydrogens (tertiary/aromatic N) is 3. The molecule has 0 saturated heterocycles. The van der Waals surface area contributed by atoms with Crippen molar-refractivity contribution in [2.24, 2.45) is 0 Å². The van der Waals surface area contributed by atoms with E-state index in [4.69, 9.17) is 5.26 Å². The number of halogens is 1. The maximum atomic E-state index is 13.6. The third kappa shape index (κ3) is 2.75. The molecule has 0 saturated carbocycles. The summed E-state index contributed by atoms with van der Waals surface area (Å²) in [5.74, 6) is 0.145. The van der Waals surface area contributed by atoms with Crippen LogP contribution in [0.2, 0.25) is 0 Å². The molecule has 2 rings (SSSR count). The Morgan fingerprint density at radius 2 is 1.90 bits per heavy atom. The molecule has 2 aromatic rings. The van der Waals surface area contributed by atoms with Gasteiger partial charge in [-0.2, -0.15) is 5.26 Å². The average molecular weight is 270 g/mol. The van der Waals surface area contributed by atoms with Gasteiger partial charge in [0.05, 0.1) is 23.0 Å². The number of aryl methyl sites for hydroxylation is 2. The summed E-state index contributed by atoms with van der Waals surface area (Å²) in [6.45, 7) is 6.36. The molecule has 102 valence electrons. The summed E-state index contributed by atoms with van der Waals surface area (Å²) in [4.78, 5) is 8.92. The molecule has 1 heterocycles. The SMILES string of the molecule is CCNc1nc(C)c(C)nc1-c1cc(F)cc(C#N)c1. The highest BCUT2D eigenvalue weighted by Gasteiger charge is 2.12. The van der Waals surface area contributed by atoms with Crippen LogP contribution in [-0.2, 0) is 0 Å². The summed E-state index contributed by atoms with van der Waals surface area (Å²) in [6, 6.07) is 6.12. The van der Waals surface area contributed by atoms with Crippen LogP contribution in [-0.4, -0.2) is 16.5 Å². The largest absolute Gasteiger partial charge is 0.369 e. The third-order valence-corrected chi connectivity index (χ3v) is 2.95.